The second-order valence-corrected chi connectivity index (χ2v) is 10.9. The van der Waals surface area contributed by atoms with Crippen LogP contribution >= 0.6 is 15.2 Å². The number of rotatable bonds is 0. The van der Waals surface area contributed by atoms with Crippen molar-refractivity contribution in [1.82, 2.24) is 0 Å². The summed E-state index contributed by atoms with van der Waals surface area (Å²) in [6.07, 6.45) is -9.18. The Bertz CT molecular complexity index is 622. The molecule has 0 aromatic rings. The molecule has 0 aromatic heterocycles. The minimum absolute atomic E-state index is 0.328. The third-order valence-electron chi connectivity index (χ3n) is 4.61. The lowest BCUT2D eigenvalue weighted by Crippen LogP contribution is -2.34. The molecule has 8 nitrogen and oxygen atoms in total. The molecule has 3 heterocycles. The standard InChI is InChI=1S/C14H24F2O8P2/c1-7-11(15)14-10(21-7)6-20-25(3,17)23-13-8(2)22-9(12(13)16)5-19-26(4,18)24-14/h7-14H,5-6H2,1-4H3/t7-,8-,9+,10+,11-,12+,13-,14+,25?,26?/m0/s1. The minimum Gasteiger partial charge on any atom is -0.367 e. The number of ether oxygens (including phenoxy) is 2. The number of fused-ring (bicyclic) bond motifs is 3. The molecule has 152 valence electrons. The highest BCUT2D eigenvalue weighted by molar-refractivity contribution is 7.53. The second kappa shape index (κ2) is 7.48. The van der Waals surface area contributed by atoms with Crippen molar-refractivity contribution in [2.75, 3.05) is 26.5 Å². The molecule has 0 saturated carbocycles. The van der Waals surface area contributed by atoms with E-state index >= 15 is 0 Å². The van der Waals surface area contributed by atoms with Gasteiger partial charge in [-0.15, -0.1) is 0 Å². The van der Waals surface area contributed by atoms with E-state index < -0.39 is 64.2 Å². The highest BCUT2D eigenvalue weighted by Crippen LogP contribution is 2.52. The summed E-state index contributed by atoms with van der Waals surface area (Å²) in [6.45, 7) is 4.73. The number of hydrogen-bond donors (Lipinski definition) is 0. The summed E-state index contributed by atoms with van der Waals surface area (Å²) in [7, 11) is -7.41. The fourth-order valence-electron chi connectivity index (χ4n) is 3.25. The Morgan fingerprint density at radius 3 is 1.88 bits per heavy atom. The monoisotopic (exact) mass is 420 g/mol. The quantitative estimate of drug-likeness (QED) is 0.553. The van der Waals surface area contributed by atoms with Crippen LogP contribution in [0.3, 0.4) is 0 Å². The van der Waals surface area contributed by atoms with Crippen LogP contribution in [0.15, 0.2) is 0 Å². The third-order valence-corrected chi connectivity index (χ3v) is 7.10. The molecule has 26 heavy (non-hydrogen) atoms. The van der Waals surface area contributed by atoms with Gasteiger partial charge in [0.15, 0.2) is 12.3 Å². The Balaban J connectivity index is 1.85. The highest BCUT2D eigenvalue weighted by atomic mass is 31.2. The second-order valence-electron chi connectivity index (χ2n) is 6.92. The van der Waals surface area contributed by atoms with Gasteiger partial charge in [-0.1, -0.05) is 0 Å². The number of halogens is 2. The van der Waals surface area contributed by atoms with E-state index in [4.69, 9.17) is 27.6 Å². The Morgan fingerprint density at radius 2 is 1.27 bits per heavy atom. The Hall–Kier alpha value is 0.0800. The Morgan fingerprint density at radius 1 is 0.769 bits per heavy atom. The molecule has 2 bridgehead atoms. The molecular formula is C14H24F2O8P2. The lowest BCUT2D eigenvalue weighted by atomic mass is 10.1. The van der Waals surface area contributed by atoms with E-state index in [1.807, 2.05) is 0 Å². The van der Waals surface area contributed by atoms with E-state index in [1.165, 1.54) is 20.3 Å². The Labute approximate surface area is 150 Å². The molecule has 10 atom stereocenters. The molecule has 0 radical (unpaired) electrons. The van der Waals surface area contributed by atoms with Crippen molar-refractivity contribution in [3.63, 3.8) is 0 Å². The lowest BCUT2D eigenvalue weighted by Gasteiger charge is -2.25. The fourth-order valence-corrected chi connectivity index (χ4v) is 5.64. The van der Waals surface area contributed by atoms with Crippen LogP contribution in [0.2, 0.25) is 0 Å². The summed E-state index contributed by atoms with van der Waals surface area (Å²) in [4.78, 5) is 0. The molecule has 3 aliphatic heterocycles. The van der Waals surface area contributed by atoms with Gasteiger partial charge in [-0.05, 0) is 13.8 Å². The van der Waals surface area contributed by atoms with Gasteiger partial charge < -0.3 is 18.5 Å². The average Bonchev–Trinajstić information content (AvgIpc) is 2.95. The van der Waals surface area contributed by atoms with Crippen molar-refractivity contribution in [1.29, 1.82) is 0 Å². The lowest BCUT2D eigenvalue weighted by molar-refractivity contribution is -0.0253. The van der Waals surface area contributed by atoms with Gasteiger partial charge in [-0.2, -0.15) is 0 Å². The molecule has 3 aliphatic rings. The van der Waals surface area contributed by atoms with Crippen LogP contribution in [-0.4, -0.2) is 75.5 Å². The van der Waals surface area contributed by atoms with Crippen molar-refractivity contribution >= 4 is 15.2 Å². The summed E-state index contributed by atoms with van der Waals surface area (Å²) in [6, 6.07) is 0. The zero-order valence-electron chi connectivity index (χ0n) is 14.9. The summed E-state index contributed by atoms with van der Waals surface area (Å²) in [5.41, 5.74) is 0. The Kier molecular flexibility index (Phi) is 5.99. The van der Waals surface area contributed by atoms with E-state index in [0.29, 0.717) is 0 Å². The topological polar surface area (TPSA) is 89.5 Å². The zero-order chi connectivity index (χ0) is 19.3. The van der Waals surface area contributed by atoms with Crippen LogP contribution < -0.4 is 0 Å². The molecule has 0 spiro atoms. The first-order valence-corrected chi connectivity index (χ1v) is 12.4. The molecule has 0 aliphatic carbocycles. The van der Waals surface area contributed by atoms with Crippen LogP contribution in [0.4, 0.5) is 8.78 Å². The van der Waals surface area contributed by atoms with E-state index in [2.05, 4.69) is 0 Å². The van der Waals surface area contributed by atoms with E-state index in [9.17, 15) is 17.9 Å². The van der Waals surface area contributed by atoms with Gasteiger partial charge in [0.2, 0.25) is 0 Å². The van der Waals surface area contributed by atoms with Gasteiger partial charge in [0.05, 0.1) is 25.4 Å². The van der Waals surface area contributed by atoms with Crippen LogP contribution in [0, 0.1) is 0 Å². The molecule has 3 saturated heterocycles. The van der Waals surface area contributed by atoms with Gasteiger partial charge in [-0.25, -0.2) is 8.78 Å². The fraction of sp³-hybridized carbons (Fsp3) is 1.00. The molecule has 2 unspecified atom stereocenters. The van der Waals surface area contributed by atoms with Crippen LogP contribution in [0.5, 0.6) is 0 Å². The first-order chi connectivity index (χ1) is 12.0. The highest BCUT2D eigenvalue weighted by Gasteiger charge is 2.50. The maximum atomic E-state index is 14.6. The number of hydrogen-bond acceptors (Lipinski definition) is 8. The van der Waals surface area contributed by atoms with Crippen molar-refractivity contribution in [2.45, 2.75) is 62.8 Å². The van der Waals surface area contributed by atoms with Crippen molar-refractivity contribution in [2.24, 2.45) is 0 Å². The average molecular weight is 420 g/mol. The van der Waals surface area contributed by atoms with Crippen LogP contribution in [-0.2, 0) is 36.7 Å². The molecule has 0 aromatic carbocycles. The first-order valence-electron chi connectivity index (χ1n) is 8.39. The molecule has 0 N–H and O–H groups in total. The molecular weight excluding hydrogens is 396 g/mol. The largest absolute Gasteiger partial charge is 0.367 e. The maximum Gasteiger partial charge on any atom is 0.328 e. The van der Waals surface area contributed by atoms with E-state index in [1.54, 1.807) is 6.92 Å². The molecule has 3 fully saturated rings. The van der Waals surface area contributed by atoms with Crippen LogP contribution in [0.25, 0.3) is 0 Å². The van der Waals surface area contributed by atoms with Crippen molar-refractivity contribution in [3.8, 4) is 0 Å². The zero-order valence-corrected chi connectivity index (χ0v) is 16.7. The SMILES string of the molecule is C[C@@H]1O[C@@H]2COP(C)(=O)O[C@@H]3[C@H](F)[C@@H](COP(C)(=O)O[C@H]2[C@H]1F)O[C@H]3C. The molecule has 3 rings (SSSR count). The summed E-state index contributed by atoms with van der Waals surface area (Å²) in [5, 5.41) is 0. The minimum atomic E-state index is -3.73. The van der Waals surface area contributed by atoms with Gasteiger partial charge in [-0.3, -0.25) is 18.2 Å². The summed E-state index contributed by atoms with van der Waals surface area (Å²) < 4.78 is 86.1. The third kappa shape index (κ3) is 4.39. The first kappa shape index (κ1) is 20.8. The number of alkyl halides is 2. The summed E-state index contributed by atoms with van der Waals surface area (Å²) in [5.74, 6) is 0. The van der Waals surface area contributed by atoms with Gasteiger partial charge in [0, 0.05) is 13.3 Å². The predicted octanol–water partition coefficient (Wildman–Crippen LogP) is 2.70. The van der Waals surface area contributed by atoms with Gasteiger partial charge in [0.25, 0.3) is 0 Å². The molecule has 12 heteroatoms. The van der Waals surface area contributed by atoms with Gasteiger partial charge >= 0.3 is 15.2 Å². The van der Waals surface area contributed by atoms with E-state index in [0.717, 1.165) is 0 Å². The molecule has 0 amide bonds. The maximum absolute atomic E-state index is 14.6. The van der Waals surface area contributed by atoms with Gasteiger partial charge in [0.1, 0.15) is 24.4 Å². The van der Waals surface area contributed by atoms with E-state index in [-0.39, 0.29) is 13.2 Å². The predicted molar refractivity (Wildman–Crippen MR) is 87.2 cm³/mol. The van der Waals surface area contributed by atoms with Crippen LogP contribution in [0.1, 0.15) is 13.8 Å². The van der Waals surface area contributed by atoms with Crippen molar-refractivity contribution < 1.29 is 45.5 Å². The smallest absolute Gasteiger partial charge is 0.328 e. The normalized spacial score (nSPS) is 56.2. The summed E-state index contributed by atoms with van der Waals surface area (Å²) >= 11 is 0. The van der Waals surface area contributed by atoms with Crippen molar-refractivity contribution in [3.05, 3.63) is 0 Å².